The van der Waals surface area contributed by atoms with Gasteiger partial charge in [0, 0.05) is 22.1 Å². The van der Waals surface area contributed by atoms with Crippen molar-refractivity contribution in [2.75, 3.05) is 6.54 Å². The highest BCUT2D eigenvalue weighted by atomic mass is 79.9. The van der Waals surface area contributed by atoms with Gasteiger partial charge in [-0.2, -0.15) is 0 Å². The van der Waals surface area contributed by atoms with Crippen LogP contribution in [0.1, 0.15) is 39.6 Å². The average Bonchev–Trinajstić information content (AvgIpc) is 2.59. The van der Waals surface area contributed by atoms with E-state index < -0.39 is 6.10 Å². The van der Waals surface area contributed by atoms with Crippen LogP contribution in [-0.2, 0) is 0 Å². The Kier molecular flexibility index (Phi) is 6.07. The van der Waals surface area contributed by atoms with Gasteiger partial charge in [0.25, 0.3) is 5.91 Å². The van der Waals surface area contributed by atoms with E-state index in [2.05, 4.69) is 21.2 Å². The van der Waals surface area contributed by atoms with Gasteiger partial charge in [-0.15, -0.1) is 0 Å². The van der Waals surface area contributed by atoms with Crippen LogP contribution in [0.25, 0.3) is 0 Å². The number of aliphatic hydroxyl groups is 1. The molecule has 120 valence electrons. The number of aliphatic hydroxyl groups excluding tert-OH is 1. The molecule has 1 atom stereocenters. The molecule has 4 nitrogen and oxygen atoms in total. The van der Waals surface area contributed by atoms with E-state index in [1.807, 2.05) is 13.0 Å². The number of hydrogen-bond acceptors (Lipinski definition) is 3. The highest BCUT2D eigenvalue weighted by Crippen LogP contribution is 2.20. The Morgan fingerprint density at radius 3 is 2.48 bits per heavy atom. The van der Waals surface area contributed by atoms with Gasteiger partial charge in [0.1, 0.15) is 0 Å². The second-order valence-electron chi connectivity index (χ2n) is 5.16. The molecule has 1 amide bonds. The topological polar surface area (TPSA) is 66.4 Å². The molecule has 2 N–H and O–H groups in total. The van der Waals surface area contributed by atoms with Gasteiger partial charge in [0.2, 0.25) is 0 Å². The summed E-state index contributed by atoms with van der Waals surface area (Å²) in [6.45, 7) is 1.99. The summed E-state index contributed by atoms with van der Waals surface area (Å²) in [7, 11) is 0. The van der Waals surface area contributed by atoms with Gasteiger partial charge in [0.05, 0.1) is 11.7 Å². The average molecular weight is 376 g/mol. The molecule has 0 fully saturated rings. The lowest BCUT2D eigenvalue weighted by Gasteiger charge is -2.12. The first-order valence-corrected chi connectivity index (χ1v) is 8.17. The van der Waals surface area contributed by atoms with Gasteiger partial charge in [0.15, 0.2) is 5.78 Å². The molecule has 0 aliphatic rings. The number of ketones is 1. The summed E-state index contributed by atoms with van der Waals surface area (Å²) < 4.78 is 0.724. The highest BCUT2D eigenvalue weighted by molar-refractivity contribution is 9.10. The monoisotopic (exact) mass is 375 g/mol. The van der Waals surface area contributed by atoms with E-state index in [9.17, 15) is 14.7 Å². The summed E-state index contributed by atoms with van der Waals surface area (Å²) in [5.41, 5.74) is 1.15. The van der Waals surface area contributed by atoms with Gasteiger partial charge in [-0.25, -0.2) is 0 Å². The Morgan fingerprint density at radius 1 is 1.13 bits per heavy atom. The molecule has 2 rings (SSSR count). The fourth-order valence-electron chi connectivity index (χ4n) is 2.10. The number of benzene rings is 2. The molecule has 5 heteroatoms. The molecule has 0 heterocycles. The van der Waals surface area contributed by atoms with Gasteiger partial charge in [-0.1, -0.05) is 53.2 Å². The second-order valence-corrected chi connectivity index (χ2v) is 6.07. The first kappa shape index (κ1) is 17.4. The molecule has 0 bridgehead atoms. The van der Waals surface area contributed by atoms with Crippen molar-refractivity contribution in [2.24, 2.45) is 0 Å². The number of nitrogens with one attached hydrogen (secondary N) is 1. The second kappa shape index (κ2) is 8.04. The van der Waals surface area contributed by atoms with Crippen molar-refractivity contribution in [1.29, 1.82) is 0 Å². The largest absolute Gasteiger partial charge is 0.391 e. The van der Waals surface area contributed by atoms with Crippen LogP contribution in [0.2, 0.25) is 0 Å². The standard InChI is InChI=1S/C18H18BrNO3/c1-2-14(21)11-20-18(23)15-9-8-13(19)10-16(15)17(22)12-6-4-3-5-7-12/h3-10,14,21H,2,11H2,1H3,(H,20,23). The molecule has 0 aliphatic carbocycles. The molecule has 0 aromatic heterocycles. The fraction of sp³-hybridized carbons (Fsp3) is 0.222. The number of hydrogen-bond donors (Lipinski definition) is 2. The maximum atomic E-state index is 12.7. The van der Waals surface area contributed by atoms with E-state index in [1.54, 1.807) is 42.5 Å². The van der Waals surface area contributed by atoms with Crippen LogP contribution >= 0.6 is 15.9 Å². The zero-order chi connectivity index (χ0) is 16.8. The van der Waals surface area contributed by atoms with Gasteiger partial charge in [-0.05, 0) is 24.6 Å². The Balaban J connectivity index is 2.31. The lowest BCUT2D eigenvalue weighted by Crippen LogP contribution is -2.32. The Hall–Kier alpha value is -1.98. The van der Waals surface area contributed by atoms with Crippen molar-refractivity contribution < 1.29 is 14.7 Å². The number of amides is 1. The minimum Gasteiger partial charge on any atom is -0.391 e. The lowest BCUT2D eigenvalue weighted by molar-refractivity contribution is 0.0906. The summed E-state index contributed by atoms with van der Waals surface area (Å²) in [5, 5.41) is 12.2. The van der Waals surface area contributed by atoms with Crippen molar-refractivity contribution in [3.63, 3.8) is 0 Å². The van der Waals surface area contributed by atoms with Crippen LogP contribution in [0.4, 0.5) is 0 Å². The molecule has 0 saturated heterocycles. The van der Waals surface area contributed by atoms with Crippen LogP contribution in [0.15, 0.2) is 53.0 Å². The van der Waals surface area contributed by atoms with E-state index in [4.69, 9.17) is 0 Å². The molecule has 2 aromatic carbocycles. The van der Waals surface area contributed by atoms with E-state index in [1.165, 1.54) is 0 Å². The maximum absolute atomic E-state index is 12.7. The van der Waals surface area contributed by atoms with Crippen molar-refractivity contribution >= 4 is 27.6 Å². The normalized spacial score (nSPS) is 11.8. The van der Waals surface area contributed by atoms with E-state index >= 15 is 0 Å². The zero-order valence-corrected chi connectivity index (χ0v) is 14.3. The first-order chi connectivity index (χ1) is 11.0. The Bertz CT molecular complexity index is 701. The first-order valence-electron chi connectivity index (χ1n) is 7.38. The van der Waals surface area contributed by atoms with Gasteiger partial charge >= 0.3 is 0 Å². The Labute approximate surface area is 143 Å². The van der Waals surface area contributed by atoms with E-state index in [0.29, 0.717) is 23.1 Å². The minimum atomic E-state index is -0.595. The molecule has 2 aromatic rings. The highest BCUT2D eigenvalue weighted by Gasteiger charge is 2.19. The molecule has 0 spiro atoms. The summed E-state index contributed by atoms with van der Waals surface area (Å²) in [6.07, 6.45) is -0.0427. The third-order valence-corrected chi connectivity index (χ3v) is 3.97. The number of rotatable bonds is 6. The molecule has 1 unspecified atom stereocenters. The zero-order valence-electron chi connectivity index (χ0n) is 12.8. The lowest BCUT2D eigenvalue weighted by atomic mass is 9.98. The van der Waals surface area contributed by atoms with E-state index in [-0.39, 0.29) is 18.2 Å². The summed E-state index contributed by atoms with van der Waals surface area (Å²) >= 11 is 3.34. The van der Waals surface area contributed by atoms with Crippen LogP contribution in [-0.4, -0.2) is 29.4 Å². The van der Waals surface area contributed by atoms with Crippen LogP contribution in [0.3, 0.4) is 0 Å². The predicted molar refractivity (Wildman–Crippen MR) is 92.6 cm³/mol. The maximum Gasteiger partial charge on any atom is 0.252 e. The number of carbonyl (C=O) groups excluding carboxylic acids is 2. The van der Waals surface area contributed by atoms with Crippen molar-refractivity contribution in [1.82, 2.24) is 5.32 Å². The fourth-order valence-corrected chi connectivity index (χ4v) is 2.46. The van der Waals surface area contributed by atoms with E-state index in [0.717, 1.165) is 4.47 Å². The van der Waals surface area contributed by atoms with Crippen molar-refractivity contribution in [2.45, 2.75) is 19.4 Å². The summed E-state index contributed by atoms with van der Waals surface area (Å²) in [4.78, 5) is 25.0. The minimum absolute atomic E-state index is 0.157. The quantitative estimate of drug-likeness (QED) is 0.761. The Morgan fingerprint density at radius 2 is 1.83 bits per heavy atom. The van der Waals surface area contributed by atoms with Crippen LogP contribution in [0.5, 0.6) is 0 Å². The van der Waals surface area contributed by atoms with Gasteiger partial charge < -0.3 is 10.4 Å². The van der Waals surface area contributed by atoms with Crippen molar-refractivity contribution in [3.8, 4) is 0 Å². The van der Waals surface area contributed by atoms with Crippen LogP contribution in [0, 0.1) is 0 Å². The SMILES string of the molecule is CCC(O)CNC(=O)c1ccc(Br)cc1C(=O)c1ccccc1. The third-order valence-electron chi connectivity index (χ3n) is 3.48. The third kappa shape index (κ3) is 4.50. The molecule has 0 saturated carbocycles. The summed E-state index contributed by atoms with van der Waals surface area (Å²) in [6, 6.07) is 13.8. The van der Waals surface area contributed by atoms with Crippen molar-refractivity contribution in [3.05, 3.63) is 69.7 Å². The molecule has 23 heavy (non-hydrogen) atoms. The van der Waals surface area contributed by atoms with Crippen LogP contribution < -0.4 is 5.32 Å². The smallest absolute Gasteiger partial charge is 0.252 e. The number of carbonyl (C=O) groups is 2. The molecular weight excluding hydrogens is 358 g/mol. The molecular formula is C18H18BrNO3. The van der Waals surface area contributed by atoms with Gasteiger partial charge in [-0.3, -0.25) is 9.59 Å². The number of halogens is 1. The molecule has 0 aliphatic heterocycles. The predicted octanol–water partition coefficient (Wildman–Crippen LogP) is 3.18. The summed E-state index contributed by atoms with van der Waals surface area (Å²) in [5.74, 6) is -0.586. The molecule has 0 radical (unpaired) electrons.